The Balaban J connectivity index is 1.57. The second-order valence-corrected chi connectivity index (χ2v) is 6.46. The van der Waals surface area contributed by atoms with Crippen molar-refractivity contribution >= 4 is 44.4 Å². The zero-order valence-electron chi connectivity index (χ0n) is 11.1. The first-order chi connectivity index (χ1) is 10.2. The van der Waals surface area contributed by atoms with Crippen LogP contribution in [0.1, 0.15) is 0 Å². The minimum atomic E-state index is -0.635. The number of aromatic amines is 1. The number of H-pyrrole nitrogens is 1. The molecule has 0 saturated carbocycles. The molecule has 0 radical (unpaired) electrons. The topological polar surface area (TPSA) is 60.9 Å². The van der Waals surface area contributed by atoms with E-state index >= 15 is 0 Å². The molecule has 0 aliphatic carbocycles. The third-order valence-corrected chi connectivity index (χ3v) is 4.40. The van der Waals surface area contributed by atoms with Crippen LogP contribution in [0.2, 0.25) is 0 Å². The maximum absolute atomic E-state index is 10.0. The summed E-state index contributed by atoms with van der Waals surface area (Å²) in [6.45, 7) is 0. The van der Waals surface area contributed by atoms with E-state index in [4.69, 9.17) is 0 Å². The normalized spacial score (nSPS) is 12.5. The first-order valence-electron chi connectivity index (χ1n) is 6.48. The Hall–Kier alpha value is -1.50. The Kier molecular flexibility index (Phi) is 4.48. The molecule has 1 atom stereocenters. The molecule has 6 heteroatoms. The van der Waals surface area contributed by atoms with Gasteiger partial charge in [0.15, 0.2) is 5.16 Å². The number of hydrogen-bond donors (Lipinski definition) is 3. The molecule has 0 bridgehead atoms. The van der Waals surface area contributed by atoms with Crippen molar-refractivity contribution in [2.24, 2.45) is 0 Å². The molecule has 3 N–H and O–H groups in total. The van der Waals surface area contributed by atoms with Crippen LogP contribution >= 0.6 is 27.7 Å². The number of benzene rings is 2. The molecule has 0 amide bonds. The SMILES string of the molecule is OC(CSc1nc2ccccc2[nH]1)Nc1ccc(Br)cc1. The van der Waals surface area contributed by atoms with Gasteiger partial charge in [-0.3, -0.25) is 0 Å². The minimum absolute atomic E-state index is 0.510. The van der Waals surface area contributed by atoms with Gasteiger partial charge in [0, 0.05) is 15.9 Å². The maximum atomic E-state index is 10.0. The van der Waals surface area contributed by atoms with Crippen molar-refractivity contribution in [2.75, 3.05) is 11.1 Å². The van der Waals surface area contributed by atoms with Gasteiger partial charge < -0.3 is 15.4 Å². The van der Waals surface area contributed by atoms with E-state index in [2.05, 4.69) is 31.2 Å². The molecule has 1 unspecified atom stereocenters. The summed E-state index contributed by atoms with van der Waals surface area (Å²) in [4.78, 5) is 7.69. The van der Waals surface area contributed by atoms with Gasteiger partial charge in [-0.15, -0.1) is 0 Å². The zero-order chi connectivity index (χ0) is 14.7. The summed E-state index contributed by atoms with van der Waals surface area (Å²) in [5.41, 5.74) is 2.83. The summed E-state index contributed by atoms with van der Waals surface area (Å²) in [6.07, 6.45) is -0.635. The Morgan fingerprint density at radius 1 is 1.19 bits per heavy atom. The lowest BCUT2D eigenvalue weighted by molar-refractivity contribution is 0.229. The number of thioether (sulfide) groups is 1. The van der Waals surface area contributed by atoms with Gasteiger partial charge in [0.1, 0.15) is 6.23 Å². The van der Waals surface area contributed by atoms with Crippen molar-refractivity contribution in [3.63, 3.8) is 0 Å². The van der Waals surface area contributed by atoms with Crippen molar-refractivity contribution in [1.82, 2.24) is 9.97 Å². The lowest BCUT2D eigenvalue weighted by Gasteiger charge is -2.13. The number of fused-ring (bicyclic) bond motifs is 1. The molecular formula is C15H14BrN3OS. The Morgan fingerprint density at radius 3 is 2.71 bits per heavy atom. The van der Waals surface area contributed by atoms with Crippen molar-refractivity contribution in [2.45, 2.75) is 11.4 Å². The summed E-state index contributed by atoms with van der Waals surface area (Å²) in [7, 11) is 0. The van der Waals surface area contributed by atoms with E-state index in [1.807, 2.05) is 48.5 Å². The summed E-state index contributed by atoms with van der Waals surface area (Å²) < 4.78 is 1.01. The van der Waals surface area contributed by atoms with Crippen molar-refractivity contribution in [3.05, 3.63) is 53.0 Å². The fraction of sp³-hybridized carbons (Fsp3) is 0.133. The lowest BCUT2D eigenvalue weighted by Crippen LogP contribution is -2.21. The highest BCUT2D eigenvalue weighted by molar-refractivity contribution is 9.10. The summed E-state index contributed by atoms with van der Waals surface area (Å²) in [6, 6.07) is 15.6. The van der Waals surface area contributed by atoms with Crippen LogP contribution in [0.25, 0.3) is 11.0 Å². The number of rotatable bonds is 5. The number of anilines is 1. The molecule has 0 aliphatic rings. The standard InChI is InChI=1S/C15H14BrN3OS/c16-10-5-7-11(8-6-10)17-14(20)9-21-15-18-12-3-1-2-4-13(12)19-15/h1-8,14,17,20H,9H2,(H,18,19). The largest absolute Gasteiger partial charge is 0.373 e. The third-order valence-electron chi connectivity index (χ3n) is 2.92. The highest BCUT2D eigenvalue weighted by atomic mass is 79.9. The zero-order valence-corrected chi connectivity index (χ0v) is 13.5. The van der Waals surface area contributed by atoms with Crippen LogP contribution in [0.15, 0.2) is 58.2 Å². The Labute approximate surface area is 135 Å². The number of para-hydroxylation sites is 2. The molecule has 0 aliphatic heterocycles. The van der Waals surface area contributed by atoms with E-state index in [0.29, 0.717) is 5.75 Å². The number of aliphatic hydroxyl groups is 1. The molecule has 0 spiro atoms. The van der Waals surface area contributed by atoms with Crippen LogP contribution in [0.4, 0.5) is 5.69 Å². The smallest absolute Gasteiger partial charge is 0.166 e. The van der Waals surface area contributed by atoms with E-state index in [1.54, 1.807) is 0 Å². The maximum Gasteiger partial charge on any atom is 0.166 e. The number of aromatic nitrogens is 2. The van der Waals surface area contributed by atoms with Crippen molar-refractivity contribution in [1.29, 1.82) is 0 Å². The fourth-order valence-corrected chi connectivity index (χ4v) is 2.94. The number of nitrogens with zero attached hydrogens (tertiary/aromatic N) is 1. The van der Waals surface area contributed by atoms with Crippen molar-refractivity contribution < 1.29 is 5.11 Å². The van der Waals surface area contributed by atoms with Crippen LogP contribution in [-0.4, -0.2) is 27.1 Å². The van der Waals surface area contributed by atoms with Gasteiger partial charge in [0.05, 0.1) is 11.0 Å². The number of hydrogen-bond acceptors (Lipinski definition) is 4. The van der Waals surface area contributed by atoms with E-state index in [1.165, 1.54) is 11.8 Å². The predicted octanol–water partition coefficient (Wildman–Crippen LogP) is 3.85. The Morgan fingerprint density at radius 2 is 1.95 bits per heavy atom. The van der Waals surface area contributed by atoms with Crippen LogP contribution in [0, 0.1) is 0 Å². The van der Waals surface area contributed by atoms with Gasteiger partial charge >= 0.3 is 0 Å². The lowest BCUT2D eigenvalue weighted by atomic mass is 10.3. The third kappa shape index (κ3) is 3.78. The van der Waals surface area contributed by atoms with E-state index < -0.39 is 6.23 Å². The first-order valence-corrected chi connectivity index (χ1v) is 8.26. The number of nitrogens with one attached hydrogen (secondary N) is 2. The quantitative estimate of drug-likeness (QED) is 0.476. The van der Waals surface area contributed by atoms with E-state index in [9.17, 15) is 5.11 Å². The van der Waals surface area contributed by atoms with Gasteiger partial charge in [0.25, 0.3) is 0 Å². The van der Waals surface area contributed by atoms with Crippen LogP contribution in [0.3, 0.4) is 0 Å². The number of imidazole rings is 1. The fourth-order valence-electron chi connectivity index (χ4n) is 1.94. The first kappa shape index (κ1) is 14.4. The molecule has 108 valence electrons. The summed E-state index contributed by atoms with van der Waals surface area (Å²) >= 11 is 4.87. The van der Waals surface area contributed by atoms with Crippen LogP contribution in [0.5, 0.6) is 0 Å². The predicted molar refractivity (Wildman–Crippen MR) is 90.6 cm³/mol. The molecule has 1 heterocycles. The average Bonchev–Trinajstić information content (AvgIpc) is 2.90. The average molecular weight is 364 g/mol. The highest BCUT2D eigenvalue weighted by Gasteiger charge is 2.08. The minimum Gasteiger partial charge on any atom is -0.373 e. The van der Waals surface area contributed by atoms with E-state index in [0.717, 1.165) is 26.3 Å². The van der Waals surface area contributed by atoms with Crippen LogP contribution < -0.4 is 5.32 Å². The molecule has 21 heavy (non-hydrogen) atoms. The molecule has 3 aromatic rings. The van der Waals surface area contributed by atoms with Gasteiger partial charge in [-0.25, -0.2) is 4.98 Å². The summed E-state index contributed by atoms with van der Waals surface area (Å²) in [5.74, 6) is 0.510. The second-order valence-electron chi connectivity index (χ2n) is 4.54. The Bertz CT molecular complexity index is 696. The molecule has 0 saturated heterocycles. The number of aliphatic hydroxyl groups excluding tert-OH is 1. The molecule has 3 rings (SSSR count). The highest BCUT2D eigenvalue weighted by Crippen LogP contribution is 2.21. The van der Waals surface area contributed by atoms with Gasteiger partial charge in [-0.2, -0.15) is 0 Å². The second kappa shape index (κ2) is 6.51. The number of halogens is 1. The van der Waals surface area contributed by atoms with Crippen LogP contribution in [-0.2, 0) is 0 Å². The van der Waals surface area contributed by atoms with E-state index in [-0.39, 0.29) is 0 Å². The summed E-state index contributed by atoms with van der Waals surface area (Å²) in [5, 5.41) is 13.9. The van der Waals surface area contributed by atoms with Gasteiger partial charge in [-0.1, -0.05) is 39.8 Å². The van der Waals surface area contributed by atoms with Gasteiger partial charge in [-0.05, 0) is 36.4 Å². The molecule has 0 fully saturated rings. The van der Waals surface area contributed by atoms with Crippen molar-refractivity contribution in [3.8, 4) is 0 Å². The van der Waals surface area contributed by atoms with Gasteiger partial charge in [0.2, 0.25) is 0 Å². The molecule has 2 aromatic carbocycles. The molecular weight excluding hydrogens is 350 g/mol. The monoisotopic (exact) mass is 363 g/mol. The molecule has 1 aromatic heterocycles. The molecule has 4 nitrogen and oxygen atoms in total.